The van der Waals surface area contributed by atoms with Crippen molar-refractivity contribution in [1.29, 1.82) is 0 Å². The Balaban J connectivity index is 1.58. The van der Waals surface area contributed by atoms with Crippen LogP contribution in [0.2, 0.25) is 0 Å². The molecule has 0 unspecified atom stereocenters. The number of aromatic nitrogens is 2. The van der Waals surface area contributed by atoms with E-state index in [1.54, 1.807) is 0 Å². The van der Waals surface area contributed by atoms with Gasteiger partial charge >= 0.3 is 0 Å². The molecule has 0 atom stereocenters. The Hall–Kier alpha value is -3.76. The van der Waals surface area contributed by atoms with Crippen molar-refractivity contribution >= 4 is 50.8 Å². The number of benzene rings is 5. The van der Waals surface area contributed by atoms with E-state index in [0.717, 1.165) is 43.8 Å². The van der Waals surface area contributed by atoms with Crippen LogP contribution in [0.1, 0.15) is 0 Å². The molecule has 0 spiro atoms. The summed E-state index contributed by atoms with van der Waals surface area (Å²) in [4.78, 5) is 10.0. The van der Waals surface area contributed by atoms with E-state index in [0.29, 0.717) is 0 Å². The highest BCUT2D eigenvalue weighted by molar-refractivity contribution is 9.10. The van der Waals surface area contributed by atoms with Crippen molar-refractivity contribution in [2.24, 2.45) is 0 Å². The summed E-state index contributed by atoms with van der Waals surface area (Å²) in [6, 6.07) is 38.3. The quantitative estimate of drug-likeness (QED) is 0.250. The Kier molecular flexibility index (Phi) is 5.24. The molecule has 0 bridgehead atoms. The molecule has 160 valence electrons. The maximum Gasteiger partial charge on any atom is 0.160 e. The number of halogens is 1. The average Bonchev–Trinajstić information content (AvgIpc) is 2.87. The van der Waals surface area contributed by atoms with Gasteiger partial charge in [-0.25, -0.2) is 9.97 Å². The Bertz CT molecular complexity index is 1580. The second-order valence-corrected chi connectivity index (χ2v) is 9.52. The Labute approximate surface area is 207 Å². The molecule has 0 fully saturated rings. The summed E-state index contributed by atoms with van der Waals surface area (Å²) in [6.45, 7) is 0. The van der Waals surface area contributed by atoms with Gasteiger partial charge in [-0.15, -0.1) is 0 Å². The van der Waals surface area contributed by atoms with Gasteiger partial charge in [-0.1, -0.05) is 106 Å². The molecule has 0 aliphatic rings. The molecular formula is C30H20BBrN2. The van der Waals surface area contributed by atoms with Crippen molar-refractivity contribution < 1.29 is 0 Å². The van der Waals surface area contributed by atoms with Gasteiger partial charge in [0.1, 0.15) is 7.85 Å². The maximum atomic E-state index is 5.02. The molecule has 0 N–H and O–H groups in total. The lowest BCUT2D eigenvalue weighted by molar-refractivity contribution is 1.18. The van der Waals surface area contributed by atoms with Crippen LogP contribution in [0, 0.1) is 0 Å². The number of hydrogen-bond donors (Lipinski definition) is 0. The molecule has 34 heavy (non-hydrogen) atoms. The number of fused-ring (bicyclic) bond motifs is 2. The van der Waals surface area contributed by atoms with Gasteiger partial charge in [0.05, 0.1) is 11.4 Å². The van der Waals surface area contributed by atoms with Gasteiger partial charge in [-0.3, -0.25) is 0 Å². The van der Waals surface area contributed by atoms with Crippen molar-refractivity contribution in [3.63, 3.8) is 0 Å². The van der Waals surface area contributed by atoms with E-state index in [-0.39, 0.29) is 0 Å². The Morgan fingerprint density at radius 3 is 1.56 bits per heavy atom. The first-order valence-electron chi connectivity index (χ1n) is 11.3. The molecule has 5 aromatic carbocycles. The monoisotopic (exact) mass is 498 g/mol. The van der Waals surface area contributed by atoms with Gasteiger partial charge < -0.3 is 0 Å². The number of nitrogens with zero attached hydrogens (tertiary/aromatic N) is 2. The summed E-state index contributed by atoms with van der Waals surface area (Å²) in [6.07, 6.45) is 0. The lowest BCUT2D eigenvalue weighted by Gasteiger charge is -2.11. The van der Waals surface area contributed by atoms with Crippen LogP contribution in [0.15, 0.2) is 114 Å². The third-order valence-electron chi connectivity index (χ3n) is 6.12. The maximum absolute atomic E-state index is 5.02. The molecule has 2 nitrogen and oxygen atoms in total. The highest BCUT2D eigenvalue weighted by Gasteiger charge is 2.12. The van der Waals surface area contributed by atoms with Gasteiger partial charge in [0.15, 0.2) is 5.82 Å². The first kappa shape index (κ1) is 20.8. The summed E-state index contributed by atoms with van der Waals surface area (Å²) in [5.41, 5.74) is 6.15. The first-order valence-corrected chi connectivity index (χ1v) is 12.1. The largest absolute Gasteiger partial charge is 0.228 e. The van der Waals surface area contributed by atoms with E-state index in [1.165, 1.54) is 21.5 Å². The molecule has 0 radical (unpaired) electrons. The molecule has 0 aliphatic carbocycles. The van der Waals surface area contributed by atoms with Crippen LogP contribution in [0.3, 0.4) is 0 Å². The topological polar surface area (TPSA) is 25.8 Å². The van der Waals surface area contributed by atoms with Crippen LogP contribution < -0.4 is 5.46 Å². The molecule has 1 heterocycles. The van der Waals surface area contributed by atoms with Crippen LogP contribution in [0.25, 0.3) is 55.4 Å². The minimum absolute atomic E-state index is 0.721. The smallest absolute Gasteiger partial charge is 0.160 e. The lowest BCUT2D eigenvalue weighted by Crippen LogP contribution is -2.03. The van der Waals surface area contributed by atoms with E-state index in [9.17, 15) is 0 Å². The number of rotatable bonds is 3. The molecule has 4 heteroatoms. The summed E-state index contributed by atoms with van der Waals surface area (Å²) in [5, 5.41) is 4.84. The van der Waals surface area contributed by atoms with Crippen molar-refractivity contribution in [3.05, 3.63) is 114 Å². The molecule has 1 aromatic heterocycles. The lowest BCUT2D eigenvalue weighted by atomic mass is 9.94. The summed E-state index contributed by atoms with van der Waals surface area (Å²) in [7, 11) is 2.09. The SMILES string of the molecule is Bc1cc(Br)cc(-c2nc(-c3ccc4ccccc4c3)cc(-c3ccc4ccccc4c3)n2)c1. The van der Waals surface area contributed by atoms with Gasteiger partial charge in [0.2, 0.25) is 0 Å². The number of hydrogen-bond acceptors (Lipinski definition) is 2. The summed E-state index contributed by atoms with van der Waals surface area (Å²) in [5.74, 6) is 0.721. The first-order chi connectivity index (χ1) is 16.6. The van der Waals surface area contributed by atoms with Crippen LogP contribution in [-0.2, 0) is 0 Å². The molecular weight excluding hydrogens is 479 g/mol. The van der Waals surface area contributed by atoms with Gasteiger partial charge in [-0.2, -0.15) is 0 Å². The predicted molar refractivity (Wildman–Crippen MR) is 149 cm³/mol. The third-order valence-corrected chi connectivity index (χ3v) is 6.57. The minimum atomic E-state index is 0.721. The fourth-order valence-corrected chi connectivity index (χ4v) is 5.04. The van der Waals surface area contributed by atoms with Crippen LogP contribution in [0.5, 0.6) is 0 Å². The van der Waals surface area contributed by atoms with E-state index >= 15 is 0 Å². The second-order valence-electron chi connectivity index (χ2n) is 8.60. The Morgan fingerprint density at radius 2 is 1.03 bits per heavy atom. The Morgan fingerprint density at radius 1 is 0.500 bits per heavy atom. The van der Waals surface area contributed by atoms with Gasteiger partial charge in [0.25, 0.3) is 0 Å². The van der Waals surface area contributed by atoms with Crippen molar-refractivity contribution in [1.82, 2.24) is 9.97 Å². The normalized spacial score (nSPS) is 11.2. The van der Waals surface area contributed by atoms with E-state index < -0.39 is 0 Å². The van der Waals surface area contributed by atoms with Crippen molar-refractivity contribution in [2.45, 2.75) is 0 Å². The van der Waals surface area contributed by atoms with Crippen molar-refractivity contribution in [2.75, 3.05) is 0 Å². The minimum Gasteiger partial charge on any atom is -0.228 e. The summed E-state index contributed by atoms with van der Waals surface area (Å²) >= 11 is 3.64. The average molecular weight is 499 g/mol. The molecule has 0 amide bonds. The molecule has 6 rings (SSSR count). The fourth-order valence-electron chi connectivity index (χ4n) is 4.43. The zero-order valence-corrected chi connectivity index (χ0v) is 20.3. The highest BCUT2D eigenvalue weighted by atomic mass is 79.9. The highest BCUT2D eigenvalue weighted by Crippen LogP contribution is 2.31. The van der Waals surface area contributed by atoms with E-state index in [4.69, 9.17) is 9.97 Å². The summed E-state index contributed by atoms with van der Waals surface area (Å²) < 4.78 is 1.02. The zero-order chi connectivity index (χ0) is 23.1. The fraction of sp³-hybridized carbons (Fsp3) is 0. The van der Waals surface area contributed by atoms with E-state index in [1.807, 2.05) is 0 Å². The van der Waals surface area contributed by atoms with Crippen LogP contribution in [0.4, 0.5) is 0 Å². The van der Waals surface area contributed by atoms with Crippen molar-refractivity contribution in [3.8, 4) is 33.9 Å². The third kappa shape index (κ3) is 4.02. The molecule has 6 aromatic rings. The van der Waals surface area contributed by atoms with Crippen LogP contribution in [-0.4, -0.2) is 17.8 Å². The second kappa shape index (κ2) is 8.55. The van der Waals surface area contributed by atoms with Gasteiger partial charge in [0, 0.05) is 21.2 Å². The standard InChI is InChI=1S/C30H20BBrN2/c31-26-15-25(16-27(32)17-26)30-33-28(23-11-9-19-5-1-3-7-21(19)13-23)18-29(34-30)24-12-10-20-6-2-4-8-22(20)14-24/h1-18H,31H2. The molecule has 0 saturated carbocycles. The zero-order valence-electron chi connectivity index (χ0n) is 18.7. The molecule has 0 aliphatic heterocycles. The van der Waals surface area contributed by atoms with E-state index in [2.05, 4.69) is 133 Å². The molecule has 0 saturated heterocycles. The van der Waals surface area contributed by atoms with Crippen LogP contribution >= 0.6 is 15.9 Å². The van der Waals surface area contributed by atoms with Gasteiger partial charge in [-0.05, 0) is 45.8 Å². The predicted octanol–water partition coefficient (Wildman–Crippen LogP) is 6.80.